The third-order valence-corrected chi connectivity index (χ3v) is 5.71. The number of halogens is 2. The van der Waals surface area contributed by atoms with E-state index in [1.165, 1.54) is 0 Å². The quantitative estimate of drug-likeness (QED) is 0.473. The second kappa shape index (κ2) is 7.46. The van der Waals surface area contributed by atoms with E-state index in [1.54, 1.807) is 6.07 Å². The van der Waals surface area contributed by atoms with Gasteiger partial charge >= 0.3 is 0 Å². The van der Waals surface area contributed by atoms with Crippen LogP contribution in [0.1, 0.15) is 44.9 Å². The van der Waals surface area contributed by atoms with E-state index in [9.17, 15) is 10.2 Å². The van der Waals surface area contributed by atoms with Crippen molar-refractivity contribution in [3.63, 3.8) is 0 Å². The van der Waals surface area contributed by atoms with Crippen molar-refractivity contribution in [2.75, 3.05) is 0 Å². The molecule has 0 aromatic heterocycles. The lowest BCUT2D eigenvalue weighted by molar-refractivity contribution is 0.466. The summed E-state index contributed by atoms with van der Waals surface area (Å²) in [5.41, 5.74) is 6.38. The summed E-state index contributed by atoms with van der Waals surface area (Å²) in [6, 6.07) is 13.6. The molecule has 140 valence electrons. The predicted molar refractivity (Wildman–Crippen MR) is 113 cm³/mol. The lowest BCUT2D eigenvalue weighted by Crippen LogP contribution is -2.06. The van der Waals surface area contributed by atoms with E-state index in [1.807, 2.05) is 64.1 Å². The Labute approximate surface area is 170 Å². The predicted octanol–water partition coefficient (Wildman–Crippen LogP) is 6.82. The van der Waals surface area contributed by atoms with Crippen LogP contribution in [0.15, 0.2) is 42.5 Å². The van der Waals surface area contributed by atoms with Crippen LogP contribution in [-0.4, -0.2) is 10.2 Å². The largest absolute Gasteiger partial charge is 0.507 e. The minimum atomic E-state index is -0.101. The summed E-state index contributed by atoms with van der Waals surface area (Å²) in [5, 5.41) is 21.4. The molecule has 4 heteroatoms. The standard InChI is InChI=1S/C23H22Cl2O2/c1-12-7-17(8-13(2)22(12)26)21(16-5-6-19(24)20(25)11-16)18-9-14(3)23(27)15(4)10-18/h5-11,21,26-27H,1-4H3. The normalized spacial score (nSPS) is 11.2. The molecule has 3 aromatic rings. The van der Waals surface area contributed by atoms with Crippen molar-refractivity contribution < 1.29 is 10.2 Å². The van der Waals surface area contributed by atoms with Crippen LogP contribution in [-0.2, 0) is 0 Å². The molecule has 0 bridgehead atoms. The molecular formula is C23H22Cl2O2. The van der Waals surface area contributed by atoms with E-state index in [0.717, 1.165) is 38.9 Å². The van der Waals surface area contributed by atoms with Gasteiger partial charge in [0.15, 0.2) is 0 Å². The van der Waals surface area contributed by atoms with E-state index in [4.69, 9.17) is 23.2 Å². The highest BCUT2D eigenvalue weighted by molar-refractivity contribution is 6.42. The Morgan fingerprint density at radius 2 is 1.00 bits per heavy atom. The number of hydrogen-bond acceptors (Lipinski definition) is 2. The third kappa shape index (κ3) is 3.78. The monoisotopic (exact) mass is 400 g/mol. The van der Waals surface area contributed by atoms with Crippen LogP contribution in [0.3, 0.4) is 0 Å². The molecular weight excluding hydrogens is 379 g/mol. The lowest BCUT2D eigenvalue weighted by atomic mass is 9.82. The summed E-state index contributed by atoms with van der Waals surface area (Å²) in [6.07, 6.45) is 0. The number of benzene rings is 3. The maximum absolute atomic E-state index is 10.2. The van der Waals surface area contributed by atoms with Crippen LogP contribution >= 0.6 is 23.2 Å². The SMILES string of the molecule is Cc1cc(C(c2cc(C)c(O)c(C)c2)c2ccc(Cl)c(Cl)c2)cc(C)c1O. The van der Waals surface area contributed by atoms with Gasteiger partial charge < -0.3 is 10.2 Å². The fourth-order valence-electron chi connectivity index (χ4n) is 3.58. The highest BCUT2D eigenvalue weighted by atomic mass is 35.5. The van der Waals surface area contributed by atoms with Gasteiger partial charge in [0.2, 0.25) is 0 Å². The van der Waals surface area contributed by atoms with Crippen molar-refractivity contribution in [2.24, 2.45) is 0 Å². The van der Waals surface area contributed by atoms with Crippen molar-refractivity contribution in [1.29, 1.82) is 0 Å². The fourth-order valence-corrected chi connectivity index (χ4v) is 3.89. The number of rotatable bonds is 3. The molecule has 0 aliphatic rings. The van der Waals surface area contributed by atoms with Gasteiger partial charge in [-0.25, -0.2) is 0 Å². The Bertz CT molecular complexity index is 921. The van der Waals surface area contributed by atoms with E-state index < -0.39 is 0 Å². The topological polar surface area (TPSA) is 40.5 Å². The van der Waals surface area contributed by atoms with Gasteiger partial charge in [-0.3, -0.25) is 0 Å². The van der Waals surface area contributed by atoms with Crippen molar-refractivity contribution in [3.8, 4) is 11.5 Å². The van der Waals surface area contributed by atoms with Crippen LogP contribution < -0.4 is 0 Å². The smallest absolute Gasteiger partial charge is 0.121 e. The Kier molecular flexibility index (Phi) is 5.41. The molecule has 0 amide bonds. The molecule has 0 spiro atoms. The van der Waals surface area contributed by atoms with Crippen LogP contribution in [0.2, 0.25) is 10.0 Å². The van der Waals surface area contributed by atoms with Gasteiger partial charge in [-0.2, -0.15) is 0 Å². The average molecular weight is 401 g/mol. The first-order chi connectivity index (χ1) is 12.7. The highest BCUT2D eigenvalue weighted by Crippen LogP contribution is 2.39. The number of aryl methyl sites for hydroxylation is 4. The molecule has 0 aliphatic heterocycles. The van der Waals surface area contributed by atoms with Gasteiger partial charge in [0.1, 0.15) is 11.5 Å². The summed E-state index contributed by atoms with van der Waals surface area (Å²) in [6.45, 7) is 7.58. The fraction of sp³-hybridized carbons (Fsp3) is 0.217. The highest BCUT2D eigenvalue weighted by Gasteiger charge is 2.21. The molecule has 27 heavy (non-hydrogen) atoms. The minimum absolute atomic E-state index is 0.101. The summed E-state index contributed by atoms with van der Waals surface area (Å²) >= 11 is 12.4. The number of hydrogen-bond donors (Lipinski definition) is 2. The molecule has 3 rings (SSSR count). The summed E-state index contributed by atoms with van der Waals surface area (Å²) < 4.78 is 0. The van der Waals surface area contributed by atoms with E-state index in [0.29, 0.717) is 21.5 Å². The van der Waals surface area contributed by atoms with Crippen molar-refractivity contribution >= 4 is 23.2 Å². The van der Waals surface area contributed by atoms with E-state index >= 15 is 0 Å². The number of aromatic hydroxyl groups is 2. The number of phenols is 2. The number of phenolic OH excluding ortho intramolecular Hbond substituents is 2. The zero-order valence-corrected chi connectivity index (χ0v) is 17.3. The van der Waals surface area contributed by atoms with Crippen molar-refractivity contribution in [2.45, 2.75) is 33.6 Å². The van der Waals surface area contributed by atoms with Gasteiger partial charge in [0.05, 0.1) is 10.0 Å². The lowest BCUT2D eigenvalue weighted by Gasteiger charge is -2.22. The molecule has 0 radical (unpaired) electrons. The molecule has 0 atom stereocenters. The zero-order valence-electron chi connectivity index (χ0n) is 15.8. The molecule has 2 nitrogen and oxygen atoms in total. The Morgan fingerprint density at radius 3 is 1.37 bits per heavy atom. The van der Waals surface area contributed by atoms with E-state index in [2.05, 4.69) is 0 Å². The van der Waals surface area contributed by atoms with Gasteiger partial charge in [-0.1, -0.05) is 53.5 Å². The van der Waals surface area contributed by atoms with Gasteiger partial charge in [-0.05, 0) is 78.8 Å². The maximum Gasteiger partial charge on any atom is 0.121 e. The zero-order chi connectivity index (χ0) is 19.9. The maximum atomic E-state index is 10.2. The van der Waals surface area contributed by atoms with Crippen LogP contribution in [0.25, 0.3) is 0 Å². The molecule has 0 unspecified atom stereocenters. The molecule has 3 aromatic carbocycles. The first kappa shape index (κ1) is 19.6. The second-order valence-electron chi connectivity index (χ2n) is 7.11. The van der Waals surface area contributed by atoms with Crippen LogP contribution in [0.4, 0.5) is 0 Å². The van der Waals surface area contributed by atoms with Crippen molar-refractivity contribution in [1.82, 2.24) is 0 Å². The van der Waals surface area contributed by atoms with Gasteiger partial charge in [0.25, 0.3) is 0 Å². The van der Waals surface area contributed by atoms with E-state index in [-0.39, 0.29) is 5.92 Å². The van der Waals surface area contributed by atoms with Gasteiger partial charge in [-0.15, -0.1) is 0 Å². The Balaban J connectivity index is 2.28. The summed E-state index contributed by atoms with van der Waals surface area (Å²) in [4.78, 5) is 0. The third-order valence-electron chi connectivity index (χ3n) is 4.97. The molecule has 0 fully saturated rings. The Morgan fingerprint density at radius 1 is 0.593 bits per heavy atom. The average Bonchev–Trinajstić information content (AvgIpc) is 2.60. The summed E-state index contributed by atoms with van der Waals surface area (Å²) in [5.74, 6) is 0.519. The molecule has 0 saturated heterocycles. The molecule has 0 heterocycles. The van der Waals surface area contributed by atoms with Gasteiger partial charge in [0, 0.05) is 5.92 Å². The first-order valence-electron chi connectivity index (χ1n) is 8.74. The van der Waals surface area contributed by atoms with Crippen LogP contribution in [0, 0.1) is 27.7 Å². The molecule has 2 N–H and O–H groups in total. The minimum Gasteiger partial charge on any atom is -0.507 e. The Hall–Kier alpha value is -2.16. The molecule has 0 aliphatic carbocycles. The second-order valence-corrected chi connectivity index (χ2v) is 7.93. The van der Waals surface area contributed by atoms with Crippen LogP contribution in [0.5, 0.6) is 11.5 Å². The first-order valence-corrected chi connectivity index (χ1v) is 9.49. The summed E-state index contributed by atoms with van der Waals surface area (Å²) in [7, 11) is 0. The molecule has 0 saturated carbocycles. The van der Waals surface area contributed by atoms with Crippen molar-refractivity contribution in [3.05, 3.63) is 91.5 Å².